The van der Waals surface area contributed by atoms with E-state index in [1.54, 1.807) is 0 Å². The summed E-state index contributed by atoms with van der Waals surface area (Å²) in [6, 6.07) is 48.0. The molecule has 4 rings (SSSR count). The Bertz CT molecular complexity index is 459. The number of rotatable bonds is 0. The fraction of sp³-hybridized carbons (Fsp3) is 0.211. The summed E-state index contributed by atoms with van der Waals surface area (Å²) in [5.74, 6) is 0. The Morgan fingerprint density at radius 3 is 0.151 bits per heavy atom. The molecule has 15 heteroatoms. The second kappa shape index (κ2) is 194. The quantitative estimate of drug-likeness (QED) is 0.154. The fourth-order valence-electron chi connectivity index (χ4n) is 1.54. The van der Waals surface area contributed by atoms with Crippen molar-refractivity contribution in [3.63, 3.8) is 0 Å². The van der Waals surface area contributed by atoms with E-state index in [-0.39, 0.29) is 535 Å². The van der Waals surface area contributed by atoms with Gasteiger partial charge in [0.05, 0.1) is 0 Å². The summed E-state index contributed by atoms with van der Waals surface area (Å²) in [4.78, 5) is 0. The first-order chi connectivity index (χ1) is 16.0. The van der Waals surface area contributed by atoms with E-state index in [2.05, 4.69) is 0 Å². The average molecular weight is 1860 g/mol. The molecule has 0 bridgehead atoms. The van der Waals surface area contributed by atoms with E-state index in [9.17, 15) is 0 Å². The molecule has 0 aromatic heterocycles. The fourth-order valence-corrected chi connectivity index (χ4v) is 1.54. The van der Waals surface area contributed by atoms with Crippen LogP contribution in [0.5, 0.6) is 0 Å². The summed E-state index contributed by atoms with van der Waals surface area (Å²) < 4.78 is 0. The van der Waals surface area contributed by atoms with E-state index in [4.69, 9.17) is 0 Å². The summed E-state index contributed by atoms with van der Waals surface area (Å²) >= 11 is 0. The van der Waals surface area contributed by atoms with E-state index in [1.807, 2.05) is 201 Å². The van der Waals surface area contributed by atoms with Crippen LogP contribution in [0.2, 0.25) is 0 Å². The van der Waals surface area contributed by atoms with E-state index in [1.165, 1.54) is 0 Å². The Morgan fingerprint density at radius 2 is 0.132 bits per heavy atom. The summed E-state index contributed by atoms with van der Waals surface area (Å²) in [5.41, 5.74) is 0. The molecule has 0 unspecified atom stereocenters. The third kappa shape index (κ3) is 188. The van der Waals surface area contributed by atoms with Gasteiger partial charge in [-0.25, -0.2) is 0 Å². The Labute approximate surface area is 716 Å². The van der Waals surface area contributed by atoms with Crippen LogP contribution in [-0.2, 0) is 491 Å². The molecule has 15 radical (unpaired) electrons. The van der Waals surface area contributed by atoms with E-state index < -0.39 is 0 Å². The van der Waals surface area contributed by atoms with Crippen molar-refractivity contribution in [3.8, 4) is 0 Å². The van der Waals surface area contributed by atoms with Gasteiger partial charge in [0.2, 0.25) is 0 Å². The van der Waals surface area contributed by atoms with Gasteiger partial charge in [-0.3, -0.25) is 0 Å². The minimum Gasteiger partial charge on any atom is -0.358 e. The zero-order valence-corrected chi connectivity index (χ0v) is 79.1. The second-order valence-corrected chi connectivity index (χ2v) is 4.62. The van der Waals surface area contributed by atoms with Crippen molar-refractivity contribution in [3.05, 3.63) is 190 Å². The first kappa shape index (κ1) is 166. The third-order valence-electron chi connectivity index (χ3n) is 2.67. The van der Waals surface area contributed by atoms with Gasteiger partial charge in [-0.15, -0.1) is 0 Å². The van der Waals surface area contributed by atoms with Gasteiger partial charge in [0.15, 0.2) is 0 Å². The molecule has 0 saturated carbocycles. The SMILES string of the molecule is CC.CC.CC.CC.[CH3-].[CH3-].[CH3-].[CH3-].[CH3-].[CH3-].[Y].[Y].[Y].[Y].[Y].[Y].[Y].[Y].[Y].[Y].[Y].[Y].[Y].[Y].[Y].c1ccccc1.c1ccccc1.c1ccccc1.c1ccccc1. The molecule has 0 aliphatic rings. The largest absolute Gasteiger partial charge is 0.358 e. The molecule has 269 valence electrons. The van der Waals surface area contributed by atoms with Crippen molar-refractivity contribution in [2.24, 2.45) is 0 Å². The zero-order chi connectivity index (χ0) is 25.0. The summed E-state index contributed by atoms with van der Waals surface area (Å²) in [6.07, 6.45) is 0. The molecule has 0 saturated heterocycles. The van der Waals surface area contributed by atoms with E-state index in [0.717, 1.165) is 0 Å². The number of hydrogen-bond acceptors (Lipinski definition) is 0. The van der Waals surface area contributed by atoms with Gasteiger partial charge in [-0.2, -0.15) is 0 Å². The zero-order valence-electron chi connectivity index (χ0n) is 36.5. The Balaban J connectivity index is -0.00000000717. The molecule has 0 N–H and O–H groups in total. The molecular formula is C38H66Y15-6. The minimum absolute atomic E-state index is 0. The molecule has 0 heterocycles. The first-order valence-corrected chi connectivity index (χ1v) is 12.0. The maximum atomic E-state index is 2.00. The first-order valence-electron chi connectivity index (χ1n) is 12.0. The van der Waals surface area contributed by atoms with E-state index in [0.29, 0.717) is 0 Å². The Kier molecular flexibility index (Phi) is 606. The van der Waals surface area contributed by atoms with Gasteiger partial charge in [0, 0.05) is 491 Å². The van der Waals surface area contributed by atoms with Crippen LogP contribution in [0.4, 0.5) is 0 Å². The minimum atomic E-state index is 0. The molecular weight excluding hydrogens is 1790 g/mol. The molecule has 4 aromatic rings. The predicted molar refractivity (Wildman–Crippen MR) is 190 cm³/mol. The van der Waals surface area contributed by atoms with E-state index >= 15 is 0 Å². The van der Waals surface area contributed by atoms with Crippen LogP contribution in [0.25, 0.3) is 0 Å². The van der Waals surface area contributed by atoms with Crippen molar-refractivity contribution < 1.29 is 491 Å². The number of benzene rings is 4. The normalized spacial score (nSPS) is 4.08. The molecule has 53 heavy (non-hydrogen) atoms. The topological polar surface area (TPSA) is 0 Å². The van der Waals surface area contributed by atoms with Gasteiger partial charge in [0.1, 0.15) is 0 Å². The molecule has 0 spiro atoms. The van der Waals surface area contributed by atoms with Crippen molar-refractivity contribution in [2.75, 3.05) is 0 Å². The Morgan fingerprint density at radius 1 is 0.113 bits per heavy atom. The molecule has 0 aliphatic carbocycles. The van der Waals surface area contributed by atoms with Crippen molar-refractivity contribution in [2.45, 2.75) is 55.4 Å². The Hall–Kier alpha value is 13.4. The molecule has 0 amide bonds. The summed E-state index contributed by atoms with van der Waals surface area (Å²) in [7, 11) is 0. The van der Waals surface area contributed by atoms with Gasteiger partial charge < -0.3 is 44.6 Å². The van der Waals surface area contributed by atoms with Gasteiger partial charge in [-0.05, 0) is 0 Å². The van der Waals surface area contributed by atoms with Crippen LogP contribution in [-0.4, -0.2) is 0 Å². The monoisotopic (exact) mass is 1860 g/mol. The summed E-state index contributed by atoms with van der Waals surface area (Å²) in [6.45, 7) is 16.0. The molecule has 0 nitrogen and oxygen atoms in total. The van der Waals surface area contributed by atoms with Gasteiger partial charge >= 0.3 is 0 Å². The summed E-state index contributed by atoms with van der Waals surface area (Å²) in [5, 5.41) is 0. The van der Waals surface area contributed by atoms with Crippen molar-refractivity contribution in [1.29, 1.82) is 0 Å². The standard InChI is InChI=1S/4C6H6.4C2H6.6CH3.15Y/c4*1-2-4-6-5-3-1;4*1-2;;;;;;;;;;;;;;;;;;;;;/h4*1-6H;4*1-2H3;6*1H3;;;;;;;;;;;;;;;/q;;;;;;;;6*-1;;;;;;;;;;;;;;;. The predicted octanol–water partition coefficient (Wildman–Crippen LogP) is 13.5. The van der Waals surface area contributed by atoms with Crippen LogP contribution >= 0.6 is 0 Å². The second-order valence-electron chi connectivity index (χ2n) is 4.62. The van der Waals surface area contributed by atoms with Crippen LogP contribution in [0, 0.1) is 44.6 Å². The molecule has 0 atom stereocenters. The van der Waals surface area contributed by atoms with Crippen LogP contribution in [0.3, 0.4) is 0 Å². The maximum Gasteiger partial charge on any atom is 0 e. The molecule has 0 aliphatic heterocycles. The number of hydrogen-bond donors (Lipinski definition) is 0. The smallest absolute Gasteiger partial charge is 0 e. The van der Waals surface area contributed by atoms with Gasteiger partial charge in [-0.1, -0.05) is 201 Å². The van der Waals surface area contributed by atoms with Crippen molar-refractivity contribution >= 4 is 0 Å². The van der Waals surface area contributed by atoms with Crippen LogP contribution in [0.1, 0.15) is 55.4 Å². The molecule has 0 fully saturated rings. The maximum absolute atomic E-state index is 2.00. The van der Waals surface area contributed by atoms with Crippen LogP contribution < -0.4 is 0 Å². The van der Waals surface area contributed by atoms with Crippen LogP contribution in [0.15, 0.2) is 146 Å². The van der Waals surface area contributed by atoms with Crippen molar-refractivity contribution in [1.82, 2.24) is 0 Å². The third-order valence-corrected chi connectivity index (χ3v) is 2.67. The van der Waals surface area contributed by atoms with Gasteiger partial charge in [0.25, 0.3) is 0 Å². The molecule has 4 aromatic carbocycles. The average Bonchev–Trinajstić information content (AvgIpc) is 2.98.